The first-order valence-electron chi connectivity index (χ1n) is 4.75. The summed E-state index contributed by atoms with van der Waals surface area (Å²) in [4.78, 5) is 11.3. The van der Waals surface area contributed by atoms with Crippen LogP contribution in [0.2, 0.25) is 5.02 Å². The Hall–Kier alpha value is -0.910. The molecule has 0 saturated heterocycles. The van der Waals surface area contributed by atoms with Crippen LogP contribution in [0.3, 0.4) is 0 Å². The number of hydrogen-bond acceptors (Lipinski definition) is 5. The summed E-state index contributed by atoms with van der Waals surface area (Å²) in [5.74, 6) is -0.483. The van der Waals surface area contributed by atoms with Gasteiger partial charge in [0, 0.05) is 17.0 Å². The molecule has 0 bridgehead atoms. The predicted molar refractivity (Wildman–Crippen MR) is 67.8 cm³/mol. The average Bonchev–Trinajstić information content (AvgIpc) is 2.80. The van der Waals surface area contributed by atoms with Crippen LogP contribution >= 0.6 is 34.9 Å². The van der Waals surface area contributed by atoms with E-state index in [0.717, 1.165) is 22.8 Å². The Morgan fingerprint density at radius 1 is 1.53 bits per heavy atom. The second-order valence-corrected chi connectivity index (χ2v) is 4.82. The first-order chi connectivity index (χ1) is 8.13. The van der Waals surface area contributed by atoms with Crippen LogP contribution in [0.4, 0.5) is 0 Å². The van der Waals surface area contributed by atoms with Gasteiger partial charge < -0.3 is 4.74 Å². The summed E-state index contributed by atoms with van der Waals surface area (Å²) in [6.45, 7) is 0. The molecule has 90 valence electrons. The van der Waals surface area contributed by atoms with Crippen molar-refractivity contribution in [1.82, 2.24) is 8.75 Å². The zero-order chi connectivity index (χ0) is 12.4. The van der Waals surface area contributed by atoms with Crippen molar-refractivity contribution >= 4 is 51.9 Å². The van der Waals surface area contributed by atoms with E-state index in [0.29, 0.717) is 10.5 Å². The molecule has 0 N–H and O–H groups in total. The van der Waals surface area contributed by atoms with Gasteiger partial charge >= 0.3 is 5.97 Å². The van der Waals surface area contributed by atoms with Crippen molar-refractivity contribution in [1.29, 1.82) is 0 Å². The molecule has 7 heteroatoms. The third-order valence-corrected chi connectivity index (χ3v) is 3.55. The lowest BCUT2D eigenvalue weighted by molar-refractivity contribution is -0.140. The number of nitrogens with zero attached hydrogens (tertiary/aromatic N) is 2. The molecular weight excluding hydrogens is 283 g/mol. The summed E-state index contributed by atoms with van der Waals surface area (Å²) in [6, 6.07) is 3.51. The number of halogens is 2. The normalized spacial score (nSPS) is 12.6. The zero-order valence-electron chi connectivity index (χ0n) is 8.81. The standard InChI is InChI=1S/C10H8Cl2N2O2S/c1-16-10(15)7(12)4-5-6(11)2-3-8-9(5)14-17-13-8/h2-3,7H,4H2,1H3. The fourth-order valence-electron chi connectivity index (χ4n) is 1.46. The van der Waals surface area contributed by atoms with Crippen molar-refractivity contribution in [2.45, 2.75) is 11.8 Å². The quantitative estimate of drug-likeness (QED) is 0.644. The molecule has 0 radical (unpaired) electrons. The van der Waals surface area contributed by atoms with E-state index in [1.807, 2.05) is 0 Å². The van der Waals surface area contributed by atoms with E-state index >= 15 is 0 Å². The van der Waals surface area contributed by atoms with Crippen LogP contribution < -0.4 is 0 Å². The number of hydrogen-bond donors (Lipinski definition) is 0. The maximum Gasteiger partial charge on any atom is 0.324 e. The number of carbonyl (C=O) groups excluding carboxylic acids is 1. The number of benzene rings is 1. The van der Waals surface area contributed by atoms with E-state index in [1.165, 1.54) is 7.11 Å². The molecule has 0 aliphatic rings. The van der Waals surface area contributed by atoms with Crippen molar-refractivity contribution < 1.29 is 9.53 Å². The highest BCUT2D eigenvalue weighted by Crippen LogP contribution is 2.27. The number of fused-ring (bicyclic) bond motifs is 1. The van der Waals surface area contributed by atoms with Crippen molar-refractivity contribution in [3.63, 3.8) is 0 Å². The first kappa shape index (κ1) is 12.5. The van der Waals surface area contributed by atoms with Gasteiger partial charge in [0.1, 0.15) is 16.4 Å². The monoisotopic (exact) mass is 290 g/mol. The van der Waals surface area contributed by atoms with Crippen LogP contribution in [0.5, 0.6) is 0 Å². The molecule has 2 aromatic rings. The fraction of sp³-hybridized carbons (Fsp3) is 0.300. The maximum absolute atomic E-state index is 11.3. The van der Waals surface area contributed by atoms with Gasteiger partial charge in [0.15, 0.2) is 0 Å². The van der Waals surface area contributed by atoms with Crippen LogP contribution in [-0.2, 0) is 16.0 Å². The van der Waals surface area contributed by atoms with Gasteiger partial charge in [0.05, 0.1) is 18.8 Å². The zero-order valence-corrected chi connectivity index (χ0v) is 11.1. The Bertz CT molecular complexity index is 558. The molecule has 0 amide bonds. The van der Waals surface area contributed by atoms with Crippen LogP contribution in [0.1, 0.15) is 5.56 Å². The Labute approximate surface area is 112 Å². The number of rotatable bonds is 3. The average molecular weight is 291 g/mol. The van der Waals surface area contributed by atoms with Gasteiger partial charge in [0.2, 0.25) is 0 Å². The summed E-state index contributed by atoms with van der Waals surface area (Å²) < 4.78 is 12.8. The fourth-order valence-corrected chi connectivity index (χ4v) is 2.50. The number of aromatic nitrogens is 2. The van der Waals surface area contributed by atoms with E-state index in [-0.39, 0.29) is 6.42 Å². The van der Waals surface area contributed by atoms with E-state index in [4.69, 9.17) is 23.2 Å². The Morgan fingerprint density at radius 2 is 2.29 bits per heavy atom. The summed E-state index contributed by atoms with van der Waals surface area (Å²) in [5.41, 5.74) is 2.17. The lowest BCUT2D eigenvalue weighted by atomic mass is 10.1. The molecule has 0 fully saturated rings. The lowest BCUT2D eigenvalue weighted by Crippen LogP contribution is -2.19. The molecule has 1 aromatic heterocycles. The molecule has 0 aliphatic heterocycles. The Kier molecular flexibility index (Phi) is 3.81. The Balaban J connectivity index is 2.37. The molecule has 17 heavy (non-hydrogen) atoms. The van der Waals surface area contributed by atoms with Gasteiger partial charge in [-0.2, -0.15) is 8.75 Å². The maximum atomic E-state index is 11.3. The second-order valence-electron chi connectivity index (χ2n) is 3.35. The van der Waals surface area contributed by atoms with E-state index in [2.05, 4.69) is 13.5 Å². The van der Waals surface area contributed by atoms with Gasteiger partial charge in [-0.05, 0) is 12.1 Å². The van der Waals surface area contributed by atoms with Crippen molar-refractivity contribution in [3.05, 3.63) is 22.7 Å². The number of alkyl halides is 1. The minimum absolute atomic E-state index is 0.274. The third-order valence-electron chi connectivity index (χ3n) is 2.32. The summed E-state index contributed by atoms with van der Waals surface area (Å²) in [7, 11) is 1.30. The molecule has 1 unspecified atom stereocenters. The molecule has 0 aliphatic carbocycles. The largest absolute Gasteiger partial charge is 0.468 e. The molecule has 0 spiro atoms. The molecule has 4 nitrogen and oxygen atoms in total. The number of esters is 1. The predicted octanol–water partition coefficient (Wildman–Crippen LogP) is 2.67. The van der Waals surface area contributed by atoms with Crippen LogP contribution in [0, 0.1) is 0 Å². The minimum atomic E-state index is -0.773. The highest BCUT2D eigenvalue weighted by Gasteiger charge is 2.20. The molecule has 0 saturated carbocycles. The Morgan fingerprint density at radius 3 is 3.00 bits per heavy atom. The van der Waals surface area contributed by atoms with Gasteiger partial charge in [-0.3, -0.25) is 4.79 Å². The topological polar surface area (TPSA) is 52.1 Å². The second kappa shape index (κ2) is 5.16. The molecule has 1 heterocycles. The van der Waals surface area contributed by atoms with Gasteiger partial charge in [-0.25, -0.2) is 0 Å². The summed E-state index contributed by atoms with van der Waals surface area (Å²) in [6.07, 6.45) is 0.274. The molecular formula is C10H8Cl2N2O2S. The summed E-state index contributed by atoms with van der Waals surface area (Å²) in [5, 5.41) is -0.246. The number of methoxy groups -OCH3 is 1. The van der Waals surface area contributed by atoms with Crippen molar-refractivity contribution in [2.24, 2.45) is 0 Å². The first-order valence-corrected chi connectivity index (χ1v) is 6.29. The van der Waals surface area contributed by atoms with E-state index in [1.54, 1.807) is 12.1 Å². The minimum Gasteiger partial charge on any atom is -0.468 e. The SMILES string of the molecule is COC(=O)C(Cl)Cc1c(Cl)ccc2nsnc12. The smallest absolute Gasteiger partial charge is 0.324 e. The van der Waals surface area contributed by atoms with Gasteiger partial charge in [0.25, 0.3) is 0 Å². The van der Waals surface area contributed by atoms with Crippen molar-refractivity contribution in [2.75, 3.05) is 7.11 Å². The molecule has 1 atom stereocenters. The molecule has 2 rings (SSSR count). The highest BCUT2D eigenvalue weighted by molar-refractivity contribution is 7.00. The highest BCUT2D eigenvalue weighted by atomic mass is 35.5. The number of ether oxygens (including phenoxy) is 1. The molecule has 1 aromatic carbocycles. The van der Waals surface area contributed by atoms with Crippen molar-refractivity contribution in [3.8, 4) is 0 Å². The lowest BCUT2D eigenvalue weighted by Gasteiger charge is -2.08. The van der Waals surface area contributed by atoms with Gasteiger partial charge in [-0.15, -0.1) is 11.6 Å². The van der Waals surface area contributed by atoms with Crippen LogP contribution in [0.25, 0.3) is 11.0 Å². The van der Waals surface area contributed by atoms with Gasteiger partial charge in [-0.1, -0.05) is 11.6 Å². The number of carbonyl (C=O) groups is 1. The third kappa shape index (κ3) is 2.51. The van der Waals surface area contributed by atoms with Crippen LogP contribution in [-0.4, -0.2) is 27.2 Å². The van der Waals surface area contributed by atoms with E-state index < -0.39 is 11.3 Å². The van der Waals surface area contributed by atoms with Crippen LogP contribution in [0.15, 0.2) is 12.1 Å². The van der Waals surface area contributed by atoms with E-state index in [9.17, 15) is 4.79 Å². The summed E-state index contributed by atoms with van der Waals surface area (Å²) >= 11 is 13.1.